The fourth-order valence-corrected chi connectivity index (χ4v) is 3.83. The Balaban J connectivity index is 1.80. The number of amides is 2. The molecule has 1 aromatic rings. The Hall–Kier alpha value is -1.81. The van der Waals surface area contributed by atoms with Crippen molar-refractivity contribution in [3.8, 4) is 5.75 Å². The van der Waals surface area contributed by atoms with Crippen molar-refractivity contribution >= 4 is 29.1 Å². The molecule has 2 heterocycles. The third-order valence-electron chi connectivity index (χ3n) is 4.63. The van der Waals surface area contributed by atoms with Crippen LogP contribution < -0.4 is 9.64 Å². The molecular formula is C17H16ClNO3. The third-order valence-corrected chi connectivity index (χ3v) is 4.93. The van der Waals surface area contributed by atoms with Gasteiger partial charge in [-0.25, -0.2) is 4.90 Å². The van der Waals surface area contributed by atoms with Crippen LogP contribution in [0.3, 0.4) is 0 Å². The summed E-state index contributed by atoms with van der Waals surface area (Å²) < 4.78 is 5.73. The van der Waals surface area contributed by atoms with E-state index in [1.54, 1.807) is 12.1 Å². The molecule has 2 amide bonds. The molecule has 22 heavy (non-hydrogen) atoms. The molecule has 2 aliphatic heterocycles. The minimum atomic E-state index is -0.163. The first kappa shape index (κ1) is 13.8. The fraction of sp³-hybridized carbons (Fsp3) is 0.412. The maximum absolute atomic E-state index is 12.7. The Bertz CT molecular complexity index is 710. The van der Waals surface area contributed by atoms with Crippen LogP contribution in [0.1, 0.15) is 38.2 Å². The summed E-state index contributed by atoms with van der Waals surface area (Å²) in [6, 6.07) is 3.46. The number of hydrogen-bond donors (Lipinski definition) is 0. The highest BCUT2D eigenvalue weighted by atomic mass is 35.5. The number of anilines is 1. The molecule has 0 spiro atoms. The van der Waals surface area contributed by atoms with Crippen LogP contribution in [0.5, 0.6) is 5.75 Å². The van der Waals surface area contributed by atoms with Crippen molar-refractivity contribution in [3.05, 3.63) is 33.9 Å². The summed E-state index contributed by atoms with van der Waals surface area (Å²) in [6.45, 7) is 1.96. The Morgan fingerprint density at radius 1 is 1.14 bits per heavy atom. The van der Waals surface area contributed by atoms with Crippen molar-refractivity contribution in [2.45, 2.75) is 45.1 Å². The number of fused-ring (bicyclic) bond motifs is 1. The van der Waals surface area contributed by atoms with Crippen LogP contribution >= 0.6 is 11.6 Å². The Kier molecular flexibility index (Phi) is 3.05. The number of carbonyl (C=O) groups is 2. The number of carbonyl (C=O) groups excluding carboxylic acids is 2. The number of ether oxygens (including phenoxy) is 1. The second-order valence-electron chi connectivity index (χ2n) is 6.12. The minimum absolute atomic E-state index is 0.00374. The van der Waals surface area contributed by atoms with Gasteiger partial charge in [0.05, 0.1) is 10.7 Å². The van der Waals surface area contributed by atoms with Crippen molar-refractivity contribution < 1.29 is 14.3 Å². The van der Waals surface area contributed by atoms with Crippen LogP contribution in [-0.4, -0.2) is 17.9 Å². The van der Waals surface area contributed by atoms with Gasteiger partial charge in [-0.15, -0.1) is 0 Å². The monoisotopic (exact) mass is 317 g/mol. The third kappa shape index (κ3) is 1.83. The van der Waals surface area contributed by atoms with Gasteiger partial charge in [0.2, 0.25) is 0 Å². The van der Waals surface area contributed by atoms with Gasteiger partial charge >= 0.3 is 0 Å². The molecule has 1 unspecified atom stereocenters. The molecule has 0 saturated carbocycles. The van der Waals surface area contributed by atoms with Gasteiger partial charge in [-0.05, 0) is 44.7 Å². The van der Waals surface area contributed by atoms with Gasteiger partial charge in [0, 0.05) is 23.1 Å². The lowest BCUT2D eigenvalue weighted by molar-refractivity contribution is -0.120. The number of halogens is 1. The lowest BCUT2D eigenvalue weighted by Gasteiger charge is -2.18. The van der Waals surface area contributed by atoms with Gasteiger partial charge in [0.15, 0.2) is 0 Å². The van der Waals surface area contributed by atoms with Crippen LogP contribution in [0.4, 0.5) is 5.69 Å². The van der Waals surface area contributed by atoms with Crippen molar-refractivity contribution in [1.82, 2.24) is 0 Å². The molecule has 5 heteroatoms. The summed E-state index contributed by atoms with van der Waals surface area (Å²) in [7, 11) is 0. The quantitative estimate of drug-likeness (QED) is 0.746. The van der Waals surface area contributed by atoms with Crippen molar-refractivity contribution in [2.24, 2.45) is 0 Å². The lowest BCUT2D eigenvalue weighted by Crippen LogP contribution is -2.32. The molecule has 1 aromatic carbocycles. The number of benzene rings is 1. The van der Waals surface area contributed by atoms with Gasteiger partial charge in [0.25, 0.3) is 11.8 Å². The van der Waals surface area contributed by atoms with Crippen LogP contribution in [-0.2, 0) is 16.0 Å². The highest BCUT2D eigenvalue weighted by molar-refractivity contribution is 6.34. The van der Waals surface area contributed by atoms with Crippen LogP contribution in [0.2, 0.25) is 5.02 Å². The number of rotatable bonds is 1. The second kappa shape index (κ2) is 4.85. The largest absolute Gasteiger partial charge is 0.488 e. The zero-order valence-corrected chi connectivity index (χ0v) is 13.1. The van der Waals surface area contributed by atoms with E-state index in [1.807, 2.05) is 6.92 Å². The van der Waals surface area contributed by atoms with E-state index >= 15 is 0 Å². The Labute approximate surface area is 133 Å². The predicted molar refractivity (Wildman–Crippen MR) is 83.2 cm³/mol. The van der Waals surface area contributed by atoms with E-state index in [0.717, 1.165) is 18.4 Å². The van der Waals surface area contributed by atoms with Crippen LogP contribution in [0.15, 0.2) is 23.3 Å². The molecule has 114 valence electrons. The summed E-state index contributed by atoms with van der Waals surface area (Å²) in [4.78, 5) is 26.7. The fourth-order valence-electron chi connectivity index (χ4n) is 3.61. The lowest BCUT2D eigenvalue weighted by atomic mass is 9.93. The SMILES string of the molecule is CC1Cc2c(N3C(=O)C4=C(CCCC4)C3=O)ccc(Cl)c2O1. The standard InChI is InChI=1S/C17H16ClNO3/c1-9-8-12-14(7-6-13(18)15(12)22-9)19-16(20)10-4-2-3-5-11(10)17(19)21/h6-7,9H,2-5,8H2,1H3. The predicted octanol–water partition coefficient (Wildman–Crippen LogP) is 3.41. The molecule has 0 saturated heterocycles. The van der Waals surface area contributed by atoms with Crippen LogP contribution in [0, 0.1) is 0 Å². The van der Waals surface area contributed by atoms with Crippen molar-refractivity contribution in [2.75, 3.05) is 4.90 Å². The number of nitrogens with zero attached hydrogens (tertiary/aromatic N) is 1. The minimum Gasteiger partial charge on any atom is -0.488 e. The van der Waals surface area contributed by atoms with E-state index in [9.17, 15) is 9.59 Å². The molecule has 3 aliphatic rings. The molecule has 1 aliphatic carbocycles. The number of hydrogen-bond acceptors (Lipinski definition) is 3. The molecular weight excluding hydrogens is 302 g/mol. The molecule has 1 atom stereocenters. The van der Waals surface area contributed by atoms with E-state index in [4.69, 9.17) is 16.3 Å². The molecule has 0 radical (unpaired) electrons. The first-order chi connectivity index (χ1) is 10.6. The zero-order valence-electron chi connectivity index (χ0n) is 12.3. The molecule has 4 rings (SSSR count). The van der Waals surface area contributed by atoms with E-state index in [1.165, 1.54) is 4.90 Å². The number of imide groups is 1. The van der Waals surface area contributed by atoms with Gasteiger partial charge in [0.1, 0.15) is 11.9 Å². The molecule has 0 aromatic heterocycles. The van der Waals surface area contributed by atoms with Gasteiger partial charge in [-0.3, -0.25) is 9.59 Å². The molecule has 0 N–H and O–H groups in total. The molecule has 0 fully saturated rings. The van der Waals surface area contributed by atoms with Crippen LogP contribution in [0.25, 0.3) is 0 Å². The van der Waals surface area contributed by atoms with E-state index in [0.29, 0.717) is 46.9 Å². The summed E-state index contributed by atoms with van der Waals surface area (Å²) >= 11 is 6.18. The van der Waals surface area contributed by atoms with Gasteiger partial charge < -0.3 is 4.74 Å². The zero-order chi connectivity index (χ0) is 15.4. The van der Waals surface area contributed by atoms with Gasteiger partial charge in [-0.1, -0.05) is 11.6 Å². The topological polar surface area (TPSA) is 46.6 Å². The highest BCUT2D eigenvalue weighted by Crippen LogP contribution is 2.44. The van der Waals surface area contributed by atoms with E-state index in [2.05, 4.69) is 0 Å². The highest BCUT2D eigenvalue weighted by Gasteiger charge is 2.41. The first-order valence-corrected chi connectivity index (χ1v) is 8.04. The average molecular weight is 318 g/mol. The summed E-state index contributed by atoms with van der Waals surface area (Å²) in [5, 5.41) is 0.528. The van der Waals surface area contributed by atoms with Crippen molar-refractivity contribution in [1.29, 1.82) is 0 Å². The second-order valence-corrected chi connectivity index (χ2v) is 6.52. The van der Waals surface area contributed by atoms with Gasteiger partial charge in [-0.2, -0.15) is 0 Å². The normalized spacial score (nSPS) is 23.7. The van der Waals surface area contributed by atoms with E-state index in [-0.39, 0.29) is 17.9 Å². The molecule has 4 nitrogen and oxygen atoms in total. The van der Waals surface area contributed by atoms with Crippen molar-refractivity contribution in [3.63, 3.8) is 0 Å². The smallest absolute Gasteiger partial charge is 0.261 e. The summed E-state index contributed by atoms with van der Waals surface area (Å²) in [5.74, 6) is 0.282. The Morgan fingerprint density at radius 3 is 2.41 bits per heavy atom. The maximum atomic E-state index is 12.7. The molecule has 0 bridgehead atoms. The maximum Gasteiger partial charge on any atom is 0.261 e. The first-order valence-electron chi connectivity index (χ1n) is 7.66. The Morgan fingerprint density at radius 2 is 1.77 bits per heavy atom. The average Bonchev–Trinajstić information content (AvgIpc) is 3.02. The van der Waals surface area contributed by atoms with E-state index < -0.39 is 0 Å². The summed E-state index contributed by atoms with van der Waals surface area (Å²) in [6.07, 6.45) is 4.03. The summed E-state index contributed by atoms with van der Waals surface area (Å²) in [5.41, 5.74) is 2.90.